The molecule has 0 amide bonds. The molecule has 0 saturated heterocycles. The van der Waals surface area contributed by atoms with E-state index in [0.29, 0.717) is 0 Å². The van der Waals surface area contributed by atoms with E-state index >= 15 is 0 Å². The summed E-state index contributed by atoms with van der Waals surface area (Å²) in [7, 11) is 0. The lowest BCUT2D eigenvalue weighted by molar-refractivity contribution is 0.577. The minimum absolute atomic E-state index is 0.249. The van der Waals surface area contributed by atoms with Crippen LogP contribution < -0.4 is 0 Å². The van der Waals surface area contributed by atoms with Crippen molar-refractivity contribution in [2.75, 3.05) is 0 Å². The fraction of sp³-hybridized carbons (Fsp3) is 0.115. The van der Waals surface area contributed by atoms with Crippen LogP contribution in [-0.2, 0) is 18.3 Å². The molecule has 0 spiro atoms. The Bertz CT molecular complexity index is 1090. The van der Waals surface area contributed by atoms with Crippen LogP contribution in [0.25, 0.3) is 0 Å². The maximum absolute atomic E-state index is 5.15. The molecular formula is C26H21N3. The van der Waals surface area contributed by atoms with E-state index < -0.39 is 0 Å². The van der Waals surface area contributed by atoms with Gasteiger partial charge in [0.1, 0.15) is 0 Å². The SMILES string of the molecule is c1ccc(C2=Nc3ccccc3C2(Cc2ccncc2)Cc2ccncc2)cc1. The Morgan fingerprint density at radius 1 is 0.586 bits per heavy atom. The van der Waals surface area contributed by atoms with E-state index in [9.17, 15) is 0 Å². The van der Waals surface area contributed by atoms with Crippen LogP contribution in [0.3, 0.4) is 0 Å². The van der Waals surface area contributed by atoms with Gasteiger partial charge in [0, 0.05) is 30.2 Å². The van der Waals surface area contributed by atoms with Gasteiger partial charge in [-0.1, -0.05) is 48.5 Å². The summed E-state index contributed by atoms with van der Waals surface area (Å²) in [6, 6.07) is 27.5. The highest BCUT2D eigenvalue weighted by molar-refractivity contribution is 6.13. The van der Waals surface area contributed by atoms with Gasteiger partial charge in [-0.25, -0.2) is 0 Å². The maximum Gasteiger partial charge on any atom is 0.0675 e. The molecule has 140 valence electrons. The highest BCUT2D eigenvalue weighted by atomic mass is 14.8. The van der Waals surface area contributed by atoms with Crippen molar-refractivity contribution >= 4 is 11.4 Å². The lowest BCUT2D eigenvalue weighted by Gasteiger charge is -2.33. The van der Waals surface area contributed by atoms with Gasteiger partial charge in [0.15, 0.2) is 0 Å². The summed E-state index contributed by atoms with van der Waals surface area (Å²) in [5.41, 5.74) is 6.92. The Labute approximate surface area is 170 Å². The monoisotopic (exact) mass is 375 g/mol. The molecule has 0 bridgehead atoms. The van der Waals surface area contributed by atoms with Gasteiger partial charge in [-0.3, -0.25) is 15.0 Å². The van der Waals surface area contributed by atoms with E-state index in [0.717, 1.165) is 24.2 Å². The minimum Gasteiger partial charge on any atom is -0.265 e. The number of pyridine rings is 2. The molecule has 0 atom stereocenters. The van der Waals surface area contributed by atoms with E-state index in [4.69, 9.17) is 4.99 Å². The van der Waals surface area contributed by atoms with Crippen molar-refractivity contribution in [2.45, 2.75) is 18.3 Å². The zero-order valence-corrected chi connectivity index (χ0v) is 16.1. The number of para-hydroxylation sites is 1. The van der Waals surface area contributed by atoms with Crippen molar-refractivity contribution in [1.29, 1.82) is 0 Å². The normalized spacial score (nSPS) is 14.3. The predicted molar refractivity (Wildman–Crippen MR) is 117 cm³/mol. The third-order valence-corrected chi connectivity index (χ3v) is 5.66. The Balaban J connectivity index is 1.72. The van der Waals surface area contributed by atoms with Gasteiger partial charge < -0.3 is 0 Å². The molecule has 3 nitrogen and oxygen atoms in total. The molecule has 3 heteroatoms. The van der Waals surface area contributed by atoms with Crippen LogP contribution in [0.2, 0.25) is 0 Å². The third kappa shape index (κ3) is 3.25. The van der Waals surface area contributed by atoms with Gasteiger partial charge in [-0.15, -0.1) is 0 Å². The second-order valence-electron chi connectivity index (χ2n) is 7.49. The van der Waals surface area contributed by atoms with Crippen LogP contribution in [-0.4, -0.2) is 15.7 Å². The zero-order chi connectivity index (χ0) is 19.5. The minimum atomic E-state index is -0.249. The quantitative estimate of drug-likeness (QED) is 0.473. The van der Waals surface area contributed by atoms with Crippen molar-refractivity contribution < 1.29 is 0 Å². The van der Waals surface area contributed by atoms with Crippen LogP contribution in [0.1, 0.15) is 22.3 Å². The molecule has 1 aliphatic heterocycles. The molecule has 1 aliphatic rings. The summed E-state index contributed by atoms with van der Waals surface area (Å²) in [5.74, 6) is 0. The van der Waals surface area contributed by atoms with Crippen molar-refractivity contribution in [1.82, 2.24) is 9.97 Å². The van der Waals surface area contributed by atoms with E-state index in [1.54, 1.807) is 0 Å². The van der Waals surface area contributed by atoms with Crippen molar-refractivity contribution in [3.05, 3.63) is 126 Å². The fourth-order valence-electron chi connectivity index (χ4n) is 4.39. The molecule has 2 aromatic heterocycles. The molecule has 0 saturated carbocycles. The second-order valence-corrected chi connectivity index (χ2v) is 7.49. The number of hydrogen-bond donors (Lipinski definition) is 0. The lowest BCUT2D eigenvalue weighted by Crippen LogP contribution is -2.38. The average molecular weight is 375 g/mol. The van der Waals surface area contributed by atoms with E-state index in [1.165, 1.54) is 22.3 Å². The van der Waals surface area contributed by atoms with Crippen molar-refractivity contribution in [3.8, 4) is 0 Å². The smallest absolute Gasteiger partial charge is 0.0675 e. The Morgan fingerprint density at radius 3 is 1.76 bits per heavy atom. The van der Waals surface area contributed by atoms with Gasteiger partial charge in [0.05, 0.1) is 11.4 Å². The summed E-state index contributed by atoms with van der Waals surface area (Å²) < 4.78 is 0. The van der Waals surface area contributed by atoms with Crippen molar-refractivity contribution in [3.63, 3.8) is 0 Å². The van der Waals surface area contributed by atoms with Gasteiger partial charge in [0.25, 0.3) is 0 Å². The average Bonchev–Trinajstić information content (AvgIpc) is 3.10. The molecule has 0 fully saturated rings. The van der Waals surface area contributed by atoms with Crippen LogP contribution >= 0.6 is 0 Å². The second kappa shape index (κ2) is 7.44. The van der Waals surface area contributed by atoms with E-state index in [1.807, 2.05) is 24.8 Å². The predicted octanol–water partition coefficient (Wildman–Crippen LogP) is 5.33. The number of rotatable bonds is 5. The zero-order valence-electron chi connectivity index (χ0n) is 16.1. The van der Waals surface area contributed by atoms with Gasteiger partial charge in [0.2, 0.25) is 0 Å². The van der Waals surface area contributed by atoms with Crippen LogP contribution in [0.4, 0.5) is 5.69 Å². The Hall–Kier alpha value is -3.59. The van der Waals surface area contributed by atoms with Crippen LogP contribution in [0.15, 0.2) is 109 Å². The van der Waals surface area contributed by atoms with Crippen molar-refractivity contribution in [2.24, 2.45) is 4.99 Å². The number of aromatic nitrogens is 2. The van der Waals surface area contributed by atoms with E-state index in [-0.39, 0.29) is 5.41 Å². The standard InChI is InChI=1S/C26H21N3/c1-2-6-22(7-3-1)25-26(18-20-10-14-27-15-11-20,19-21-12-16-28-17-13-21)23-8-4-5-9-24(23)29-25/h1-17H,18-19H2. The Morgan fingerprint density at radius 2 is 1.14 bits per heavy atom. The molecule has 3 heterocycles. The molecule has 0 unspecified atom stereocenters. The van der Waals surface area contributed by atoms with Gasteiger partial charge in [-0.2, -0.15) is 0 Å². The first-order valence-corrected chi connectivity index (χ1v) is 9.87. The number of aliphatic imine (C=N–C) groups is 1. The van der Waals surface area contributed by atoms with Gasteiger partial charge >= 0.3 is 0 Å². The Kier molecular flexibility index (Phi) is 4.49. The maximum atomic E-state index is 5.15. The summed E-state index contributed by atoms with van der Waals surface area (Å²) in [6.07, 6.45) is 9.21. The molecule has 2 aromatic carbocycles. The molecule has 5 rings (SSSR count). The molecule has 29 heavy (non-hydrogen) atoms. The number of benzene rings is 2. The first-order chi connectivity index (χ1) is 14.4. The number of hydrogen-bond acceptors (Lipinski definition) is 3. The van der Waals surface area contributed by atoms with E-state index in [2.05, 4.69) is 88.8 Å². The number of nitrogens with zero attached hydrogens (tertiary/aromatic N) is 3. The molecule has 0 N–H and O–H groups in total. The van der Waals surface area contributed by atoms with Crippen LogP contribution in [0, 0.1) is 0 Å². The van der Waals surface area contributed by atoms with Gasteiger partial charge in [-0.05, 0) is 65.4 Å². The highest BCUT2D eigenvalue weighted by Crippen LogP contribution is 2.46. The molecule has 4 aromatic rings. The van der Waals surface area contributed by atoms with Crippen LogP contribution in [0.5, 0.6) is 0 Å². The first-order valence-electron chi connectivity index (χ1n) is 9.87. The third-order valence-electron chi connectivity index (χ3n) is 5.66. The fourth-order valence-corrected chi connectivity index (χ4v) is 4.39. The topological polar surface area (TPSA) is 38.1 Å². The largest absolute Gasteiger partial charge is 0.265 e. The molecule has 0 aliphatic carbocycles. The summed E-state index contributed by atoms with van der Waals surface area (Å²) in [4.78, 5) is 13.6. The first kappa shape index (κ1) is 17.5. The highest BCUT2D eigenvalue weighted by Gasteiger charge is 2.44. The molecule has 0 radical (unpaired) electrons. The lowest BCUT2D eigenvalue weighted by atomic mass is 9.68. The summed E-state index contributed by atoms with van der Waals surface area (Å²) in [6.45, 7) is 0. The summed E-state index contributed by atoms with van der Waals surface area (Å²) >= 11 is 0. The molecular weight excluding hydrogens is 354 g/mol. The summed E-state index contributed by atoms with van der Waals surface area (Å²) in [5, 5.41) is 0. The number of fused-ring (bicyclic) bond motifs is 1.